The van der Waals surface area contributed by atoms with Crippen molar-refractivity contribution >= 4 is 5.82 Å². The molecule has 1 aliphatic heterocycles. The lowest BCUT2D eigenvalue weighted by molar-refractivity contribution is 0.943. The van der Waals surface area contributed by atoms with Gasteiger partial charge in [0.05, 0.1) is 0 Å². The molecule has 0 amide bonds. The Morgan fingerprint density at radius 1 is 1.13 bits per heavy atom. The number of pyridine rings is 1. The van der Waals surface area contributed by atoms with E-state index in [2.05, 4.69) is 29.1 Å². The van der Waals surface area contributed by atoms with Gasteiger partial charge in [-0.05, 0) is 25.0 Å². The number of fused-ring (bicyclic) bond motifs is 1. The maximum atomic E-state index is 4.46. The van der Waals surface area contributed by atoms with Crippen molar-refractivity contribution in [1.29, 1.82) is 0 Å². The highest BCUT2D eigenvalue weighted by Crippen LogP contribution is 2.23. The molecule has 0 fully saturated rings. The maximum absolute atomic E-state index is 4.46. The van der Waals surface area contributed by atoms with Crippen LogP contribution in [0.25, 0.3) is 0 Å². The zero-order valence-electron chi connectivity index (χ0n) is 11.0. The van der Waals surface area contributed by atoms with E-state index in [0.29, 0.717) is 0 Å². The number of nitrogens with zero attached hydrogens (tertiary/aromatic N) is 2. The van der Waals surface area contributed by atoms with E-state index in [4.69, 9.17) is 0 Å². The molecule has 0 saturated heterocycles. The highest BCUT2D eigenvalue weighted by molar-refractivity contribution is 5.51. The molecule has 0 radical (unpaired) electrons. The zero-order valence-corrected chi connectivity index (χ0v) is 11.0. The van der Waals surface area contributed by atoms with Gasteiger partial charge < -0.3 is 4.90 Å². The molecule has 15 heavy (non-hydrogen) atoms. The van der Waals surface area contributed by atoms with E-state index in [1.807, 2.05) is 34.6 Å². The third-order valence-corrected chi connectivity index (χ3v) is 2.17. The van der Waals surface area contributed by atoms with Crippen LogP contribution >= 0.6 is 0 Å². The molecule has 1 aromatic rings. The predicted molar refractivity (Wildman–Crippen MR) is 68.6 cm³/mol. The minimum Gasteiger partial charge on any atom is -0.359 e. The highest BCUT2D eigenvalue weighted by Gasteiger charge is 2.15. The van der Waals surface area contributed by atoms with Gasteiger partial charge in [0.1, 0.15) is 5.82 Å². The number of hydrogen-bond donors (Lipinski definition) is 0. The van der Waals surface area contributed by atoms with Crippen LogP contribution in [0.3, 0.4) is 0 Å². The van der Waals surface area contributed by atoms with Crippen molar-refractivity contribution in [3.8, 4) is 0 Å². The van der Waals surface area contributed by atoms with Crippen molar-refractivity contribution in [2.24, 2.45) is 0 Å². The molecule has 2 heterocycles. The van der Waals surface area contributed by atoms with Crippen LogP contribution in [-0.2, 0) is 6.42 Å². The van der Waals surface area contributed by atoms with E-state index in [-0.39, 0.29) is 0 Å². The summed E-state index contributed by atoms with van der Waals surface area (Å²) in [6.45, 7) is 11.2. The van der Waals surface area contributed by atoms with Gasteiger partial charge in [0.25, 0.3) is 0 Å². The van der Waals surface area contributed by atoms with Crippen LogP contribution < -0.4 is 4.90 Å². The second kappa shape index (κ2) is 7.27. The molecule has 2 nitrogen and oxygen atoms in total. The summed E-state index contributed by atoms with van der Waals surface area (Å²) < 4.78 is 0. The van der Waals surface area contributed by atoms with Gasteiger partial charge in [-0.2, -0.15) is 0 Å². The minimum absolute atomic E-state index is 1.11. The van der Waals surface area contributed by atoms with Gasteiger partial charge in [-0.25, -0.2) is 4.98 Å². The number of likely N-dealkylation sites (N-methyl/N-ethyl adjacent to an activating group) is 1. The Morgan fingerprint density at radius 2 is 1.73 bits per heavy atom. The van der Waals surface area contributed by atoms with Crippen LogP contribution in [-0.4, -0.2) is 18.6 Å². The number of aryl methyl sites for hydroxylation is 1. The molecule has 1 aromatic heterocycles. The van der Waals surface area contributed by atoms with Gasteiger partial charge in [0.2, 0.25) is 0 Å². The van der Waals surface area contributed by atoms with Gasteiger partial charge in [-0.1, -0.05) is 33.8 Å². The summed E-state index contributed by atoms with van der Waals surface area (Å²) in [6.07, 6.45) is 1.15. The van der Waals surface area contributed by atoms with E-state index < -0.39 is 0 Å². The fourth-order valence-electron chi connectivity index (χ4n) is 1.49. The zero-order chi connectivity index (χ0) is 11.8. The molecule has 1 aliphatic rings. The fraction of sp³-hybridized carbons (Fsp3) is 0.615. The lowest BCUT2D eigenvalue weighted by Crippen LogP contribution is -2.13. The SMILES string of the molecule is CC.CC.Cc1ccc2c(n1)N(C)CC2. The Hall–Kier alpha value is -1.05. The molecule has 0 unspecified atom stereocenters. The van der Waals surface area contributed by atoms with Gasteiger partial charge in [0.15, 0.2) is 0 Å². The Kier molecular flexibility index (Phi) is 6.76. The van der Waals surface area contributed by atoms with Crippen molar-refractivity contribution in [3.63, 3.8) is 0 Å². The first kappa shape index (κ1) is 13.9. The van der Waals surface area contributed by atoms with Crippen LogP contribution in [0.1, 0.15) is 39.0 Å². The van der Waals surface area contributed by atoms with E-state index in [0.717, 1.165) is 18.7 Å². The largest absolute Gasteiger partial charge is 0.359 e. The quantitative estimate of drug-likeness (QED) is 0.649. The molecule has 0 N–H and O–H groups in total. The van der Waals surface area contributed by atoms with Gasteiger partial charge in [-0.3, -0.25) is 0 Å². The van der Waals surface area contributed by atoms with E-state index in [1.54, 1.807) is 0 Å². The number of anilines is 1. The summed E-state index contributed by atoms with van der Waals surface area (Å²) >= 11 is 0. The summed E-state index contributed by atoms with van der Waals surface area (Å²) in [5.74, 6) is 1.17. The molecular weight excluding hydrogens is 184 g/mol. The van der Waals surface area contributed by atoms with Crippen LogP contribution in [0.15, 0.2) is 12.1 Å². The summed E-state index contributed by atoms with van der Waals surface area (Å²) in [4.78, 5) is 6.67. The lowest BCUT2D eigenvalue weighted by atomic mass is 10.2. The summed E-state index contributed by atoms with van der Waals surface area (Å²) in [7, 11) is 2.10. The van der Waals surface area contributed by atoms with Crippen molar-refractivity contribution in [3.05, 3.63) is 23.4 Å². The van der Waals surface area contributed by atoms with E-state index in [9.17, 15) is 0 Å². The third kappa shape index (κ3) is 3.54. The summed E-state index contributed by atoms with van der Waals surface area (Å²) in [5, 5.41) is 0. The molecule has 2 rings (SSSR count). The molecular formula is C13H24N2. The summed E-state index contributed by atoms with van der Waals surface area (Å²) in [6, 6.07) is 4.26. The number of aromatic nitrogens is 1. The average Bonchev–Trinajstić information content (AvgIpc) is 2.66. The molecule has 0 aromatic carbocycles. The Bertz CT molecular complexity index is 282. The van der Waals surface area contributed by atoms with Crippen molar-refractivity contribution in [1.82, 2.24) is 4.98 Å². The monoisotopic (exact) mass is 208 g/mol. The first-order valence-corrected chi connectivity index (χ1v) is 5.95. The molecule has 0 aliphatic carbocycles. The first-order valence-electron chi connectivity index (χ1n) is 5.95. The van der Waals surface area contributed by atoms with Crippen molar-refractivity contribution < 1.29 is 0 Å². The van der Waals surface area contributed by atoms with Crippen molar-refractivity contribution in [2.45, 2.75) is 41.0 Å². The third-order valence-electron chi connectivity index (χ3n) is 2.17. The van der Waals surface area contributed by atoms with Crippen LogP contribution in [0.2, 0.25) is 0 Å². The number of hydrogen-bond acceptors (Lipinski definition) is 2. The predicted octanol–water partition coefficient (Wildman–Crippen LogP) is 3.43. The van der Waals surface area contributed by atoms with E-state index >= 15 is 0 Å². The topological polar surface area (TPSA) is 16.1 Å². The Morgan fingerprint density at radius 3 is 2.33 bits per heavy atom. The fourth-order valence-corrected chi connectivity index (χ4v) is 1.49. The van der Waals surface area contributed by atoms with Crippen LogP contribution in [0.4, 0.5) is 5.82 Å². The Labute approximate surface area is 94.3 Å². The second-order valence-electron chi connectivity index (χ2n) is 3.11. The molecule has 0 bridgehead atoms. The van der Waals surface area contributed by atoms with Gasteiger partial charge >= 0.3 is 0 Å². The highest BCUT2D eigenvalue weighted by atomic mass is 15.2. The molecule has 86 valence electrons. The van der Waals surface area contributed by atoms with Gasteiger partial charge in [0, 0.05) is 19.3 Å². The molecule has 0 atom stereocenters. The Balaban J connectivity index is 0.000000442. The summed E-state index contributed by atoms with van der Waals surface area (Å²) in [5.41, 5.74) is 2.50. The second-order valence-corrected chi connectivity index (χ2v) is 3.11. The number of rotatable bonds is 0. The van der Waals surface area contributed by atoms with Crippen LogP contribution in [0, 0.1) is 6.92 Å². The molecule has 2 heteroatoms. The van der Waals surface area contributed by atoms with Crippen LogP contribution in [0.5, 0.6) is 0 Å². The standard InChI is InChI=1S/C9H12N2.2C2H6/c1-7-3-4-8-5-6-11(2)9(8)10-7;2*1-2/h3-4H,5-6H2,1-2H3;2*1-2H3. The van der Waals surface area contributed by atoms with Crippen molar-refractivity contribution in [2.75, 3.05) is 18.5 Å². The lowest BCUT2D eigenvalue weighted by Gasteiger charge is -2.10. The molecule has 0 saturated carbocycles. The maximum Gasteiger partial charge on any atom is 0.131 e. The van der Waals surface area contributed by atoms with Gasteiger partial charge in [-0.15, -0.1) is 0 Å². The average molecular weight is 208 g/mol. The van der Waals surface area contributed by atoms with E-state index in [1.165, 1.54) is 11.4 Å². The smallest absolute Gasteiger partial charge is 0.131 e. The normalized spacial score (nSPS) is 12.0. The first-order chi connectivity index (χ1) is 7.27. The minimum atomic E-state index is 1.11. The molecule has 0 spiro atoms.